The number of carbonyl (C=O) groups excluding carboxylic acids is 1. The Morgan fingerprint density at radius 2 is 2.19 bits per heavy atom. The third-order valence-corrected chi connectivity index (χ3v) is 4.49. The van der Waals surface area contributed by atoms with Crippen LogP contribution in [0.4, 0.5) is 4.39 Å². The minimum Gasteiger partial charge on any atom is -0.479 e. The fraction of sp³-hybridized carbons (Fsp3) is 0.643. The van der Waals surface area contributed by atoms with Gasteiger partial charge in [-0.2, -0.15) is 0 Å². The number of amides is 1. The summed E-state index contributed by atoms with van der Waals surface area (Å²) in [7, 11) is 0. The highest BCUT2D eigenvalue weighted by Crippen LogP contribution is 2.29. The summed E-state index contributed by atoms with van der Waals surface area (Å²) in [5, 5.41) is 9.69. The number of carbonyl (C=O) groups is 2. The Labute approximate surface area is 126 Å². The number of aryl methyl sites for hydroxylation is 1. The molecule has 1 N–H and O–H groups in total. The summed E-state index contributed by atoms with van der Waals surface area (Å²) in [5.74, 6) is -1.45. The molecule has 0 spiro atoms. The summed E-state index contributed by atoms with van der Waals surface area (Å²) < 4.78 is 14.1. The Bertz CT molecular complexity index is 573. The van der Waals surface area contributed by atoms with Gasteiger partial charge in [0.2, 0.25) is 5.67 Å². The van der Waals surface area contributed by atoms with Gasteiger partial charge in [-0.25, -0.2) is 14.2 Å². The van der Waals surface area contributed by atoms with Gasteiger partial charge < -0.3 is 10.0 Å². The van der Waals surface area contributed by atoms with Crippen molar-refractivity contribution in [3.63, 3.8) is 0 Å². The molecule has 21 heavy (non-hydrogen) atoms. The number of thiazole rings is 1. The van der Waals surface area contributed by atoms with Crippen molar-refractivity contribution in [2.24, 2.45) is 5.92 Å². The van der Waals surface area contributed by atoms with Crippen LogP contribution in [0.1, 0.15) is 40.6 Å². The van der Waals surface area contributed by atoms with Gasteiger partial charge in [0, 0.05) is 13.0 Å². The van der Waals surface area contributed by atoms with Crippen LogP contribution in [0.25, 0.3) is 0 Å². The van der Waals surface area contributed by atoms with Crippen molar-refractivity contribution >= 4 is 23.2 Å². The second-order valence-electron chi connectivity index (χ2n) is 5.85. The van der Waals surface area contributed by atoms with Gasteiger partial charge in [0.25, 0.3) is 5.91 Å². The molecule has 116 valence electrons. The number of halogens is 1. The lowest BCUT2D eigenvalue weighted by Gasteiger charge is -2.17. The average molecular weight is 314 g/mol. The first-order valence-electron chi connectivity index (χ1n) is 6.91. The van der Waals surface area contributed by atoms with Crippen molar-refractivity contribution in [3.8, 4) is 0 Å². The van der Waals surface area contributed by atoms with Crippen molar-refractivity contribution in [1.82, 2.24) is 9.88 Å². The number of hydrogen-bond acceptors (Lipinski definition) is 4. The fourth-order valence-corrected chi connectivity index (χ4v) is 3.34. The predicted octanol–water partition coefficient (Wildman–Crippen LogP) is 2.29. The molecule has 1 saturated heterocycles. The van der Waals surface area contributed by atoms with E-state index in [1.54, 1.807) is 0 Å². The zero-order chi connectivity index (χ0) is 15.8. The molecule has 0 bridgehead atoms. The van der Waals surface area contributed by atoms with E-state index in [4.69, 9.17) is 5.11 Å². The van der Waals surface area contributed by atoms with Crippen molar-refractivity contribution in [2.75, 3.05) is 13.1 Å². The number of rotatable bonds is 4. The molecule has 1 amide bonds. The minimum absolute atomic E-state index is 0.125. The largest absolute Gasteiger partial charge is 0.479 e. The van der Waals surface area contributed by atoms with E-state index < -0.39 is 11.6 Å². The van der Waals surface area contributed by atoms with Gasteiger partial charge in [-0.15, -0.1) is 11.3 Å². The van der Waals surface area contributed by atoms with E-state index >= 15 is 0 Å². The lowest BCUT2D eigenvalue weighted by molar-refractivity contribution is -0.149. The molecule has 0 radical (unpaired) electrons. The van der Waals surface area contributed by atoms with Gasteiger partial charge in [0.05, 0.1) is 17.2 Å². The SMILES string of the molecule is Cc1nc(CC(C)C)c(C(=O)N2CCC(F)(C(=O)O)C2)s1. The van der Waals surface area contributed by atoms with Crippen molar-refractivity contribution in [1.29, 1.82) is 0 Å². The first-order chi connectivity index (χ1) is 9.73. The molecule has 0 saturated carbocycles. The number of aliphatic carboxylic acids is 1. The predicted molar refractivity (Wildman–Crippen MR) is 77.4 cm³/mol. The van der Waals surface area contributed by atoms with Crippen LogP contribution in [0.2, 0.25) is 0 Å². The number of likely N-dealkylation sites (tertiary alicyclic amines) is 1. The molecule has 0 aromatic carbocycles. The Balaban J connectivity index is 2.20. The third kappa shape index (κ3) is 3.23. The molecular weight excluding hydrogens is 295 g/mol. The number of carboxylic acids is 1. The van der Waals surface area contributed by atoms with Crippen LogP contribution >= 0.6 is 11.3 Å². The average Bonchev–Trinajstić information content (AvgIpc) is 2.93. The van der Waals surface area contributed by atoms with E-state index in [1.807, 2.05) is 20.8 Å². The standard InChI is InChI=1S/C14H19FN2O3S/c1-8(2)6-10-11(21-9(3)16-10)12(18)17-5-4-14(15,7-17)13(19)20/h8H,4-7H2,1-3H3,(H,19,20). The maximum atomic E-state index is 14.1. The molecule has 0 aliphatic carbocycles. The van der Waals surface area contributed by atoms with Gasteiger partial charge in [-0.05, 0) is 19.3 Å². The highest BCUT2D eigenvalue weighted by atomic mass is 32.1. The van der Waals surface area contributed by atoms with Gasteiger partial charge in [0.15, 0.2) is 0 Å². The second-order valence-corrected chi connectivity index (χ2v) is 7.06. The van der Waals surface area contributed by atoms with Gasteiger partial charge >= 0.3 is 5.97 Å². The van der Waals surface area contributed by atoms with E-state index in [0.29, 0.717) is 17.2 Å². The molecule has 1 fully saturated rings. The van der Waals surface area contributed by atoms with Crippen molar-refractivity contribution < 1.29 is 19.1 Å². The molecule has 1 aliphatic rings. The Morgan fingerprint density at radius 3 is 2.71 bits per heavy atom. The minimum atomic E-state index is -2.33. The van der Waals surface area contributed by atoms with Crippen LogP contribution < -0.4 is 0 Å². The number of hydrogen-bond donors (Lipinski definition) is 1. The number of carboxylic acid groups (broad SMARTS) is 1. The molecule has 2 rings (SSSR count). The summed E-state index contributed by atoms with van der Waals surface area (Å²) in [6, 6.07) is 0. The number of alkyl halides is 1. The maximum Gasteiger partial charge on any atom is 0.343 e. The summed E-state index contributed by atoms with van der Waals surface area (Å²) in [6.07, 6.45) is 0.518. The van der Waals surface area contributed by atoms with E-state index in [1.165, 1.54) is 16.2 Å². The first kappa shape index (κ1) is 15.9. The molecule has 1 atom stereocenters. The van der Waals surface area contributed by atoms with Crippen LogP contribution in [0.15, 0.2) is 0 Å². The van der Waals surface area contributed by atoms with Crippen molar-refractivity contribution in [3.05, 3.63) is 15.6 Å². The van der Waals surface area contributed by atoms with Crippen LogP contribution in [-0.4, -0.2) is 45.6 Å². The normalized spacial score (nSPS) is 22.0. The first-order valence-corrected chi connectivity index (χ1v) is 7.72. The van der Waals surface area contributed by atoms with Crippen molar-refractivity contribution in [2.45, 2.75) is 39.3 Å². The van der Waals surface area contributed by atoms with E-state index in [0.717, 1.165) is 10.7 Å². The Morgan fingerprint density at radius 1 is 1.52 bits per heavy atom. The summed E-state index contributed by atoms with van der Waals surface area (Å²) in [4.78, 5) is 29.6. The monoisotopic (exact) mass is 314 g/mol. The number of aromatic nitrogens is 1. The lowest BCUT2D eigenvalue weighted by Crippen LogP contribution is -2.38. The molecule has 1 unspecified atom stereocenters. The molecule has 7 heteroatoms. The second kappa shape index (κ2) is 5.71. The lowest BCUT2D eigenvalue weighted by atomic mass is 10.1. The highest BCUT2D eigenvalue weighted by molar-refractivity contribution is 7.13. The fourth-order valence-electron chi connectivity index (χ4n) is 2.43. The topological polar surface area (TPSA) is 70.5 Å². The zero-order valence-electron chi connectivity index (χ0n) is 12.4. The molecule has 1 aliphatic heterocycles. The Kier molecular flexibility index (Phi) is 4.32. The van der Waals surface area contributed by atoms with Crippen LogP contribution in [0.3, 0.4) is 0 Å². The van der Waals surface area contributed by atoms with Crippen LogP contribution in [0, 0.1) is 12.8 Å². The van der Waals surface area contributed by atoms with E-state index in [9.17, 15) is 14.0 Å². The highest BCUT2D eigenvalue weighted by Gasteiger charge is 2.47. The molecule has 1 aromatic rings. The molecule has 5 nitrogen and oxygen atoms in total. The van der Waals surface area contributed by atoms with Gasteiger partial charge in [-0.1, -0.05) is 13.8 Å². The number of nitrogens with zero attached hydrogens (tertiary/aromatic N) is 2. The molecular formula is C14H19FN2O3S. The summed E-state index contributed by atoms with van der Waals surface area (Å²) in [5.41, 5.74) is -1.60. The molecule has 1 aromatic heterocycles. The Hall–Kier alpha value is -1.50. The van der Waals surface area contributed by atoms with Crippen LogP contribution in [0.5, 0.6) is 0 Å². The maximum absolute atomic E-state index is 14.1. The van der Waals surface area contributed by atoms with Gasteiger partial charge in [-0.3, -0.25) is 4.79 Å². The van der Waals surface area contributed by atoms with Crippen LogP contribution in [-0.2, 0) is 11.2 Å². The van der Waals surface area contributed by atoms with E-state index in [2.05, 4.69) is 4.98 Å². The summed E-state index contributed by atoms with van der Waals surface area (Å²) in [6.45, 7) is 5.64. The van der Waals surface area contributed by atoms with E-state index in [-0.39, 0.29) is 25.4 Å². The summed E-state index contributed by atoms with van der Waals surface area (Å²) >= 11 is 1.29. The van der Waals surface area contributed by atoms with Gasteiger partial charge in [0.1, 0.15) is 4.88 Å². The third-order valence-electron chi connectivity index (χ3n) is 3.49. The quantitative estimate of drug-likeness (QED) is 0.925. The molecule has 2 heterocycles. The smallest absolute Gasteiger partial charge is 0.343 e. The zero-order valence-corrected chi connectivity index (χ0v) is 13.2.